The number of rotatable bonds is 4. The van der Waals surface area contributed by atoms with Gasteiger partial charge in [-0.15, -0.1) is 0 Å². The van der Waals surface area contributed by atoms with E-state index in [9.17, 15) is 10.1 Å². The maximum atomic E-state index is 12.5. The zero-order valence-electron chi connectivity index (χ0n) is 16.4. The molecule has 1 saturated heterocycles. The number of carbonyl (C=O) groups excluding carboxylic acids is 1. The Bertz CT molecular complexity index is 873. The molecule has 0 spiro atoms. The molecule has 1 aliphatic heterocycles. The number of aromatic nitrogens is 3. The average Bonchev–Trinajstić information content (AvgIpc) is 3.07. The molecule has 2 aromatic heterocycles. The van der Waals surface area contributed by atoms with E-state index in [1.807, 2.05) is 34.0 Å². The third-order valence-corrected chi connectivity index (χ3v) is 5.18. The monoisotopic (exact) mass is 366 g/mol. The molecule has 3 rings (SSSR count). The molecule has 1 fully saturated rings. The molecule has 7 nitrogen and oxygen atoms in total. The molecular formula is C20H26N6O. The molecule has 0 atom stereocenters. The van der Waals surface area contributed by atoms with Crippen molar-refractivity contribution in [2.24, 2.45) is 13.0 Å². The Labute approximate surface area is 160 Å². The number of nitriles is 1. The smallest absolute Gasteiger partial charge is 0.256 e. The van der Waals surface area contributed by atoms with Crippen LogP contribution in [0.5, 0.6) is 0 Å². The van der Waals surface area contributed by atoms with Crippen LogP contribution < -0.4 is 4.90 Å². The molecule has 0 saturated carbocycles. The number of amides is 1. The van der Waals surface area contributed by atoms with Crippen molar-refractivity contribution >= 4 is 11.7 Å². The van der Waals surface area contributed by atoms with E-state index < -0.39 is 0 Å². The van der Waals surface area contributed by atoms with E-state index in [4.69, 9.17) is 0 Å². The molecule has 142 valence electrons. The van der Waals surface area contributed by atoms with E-state index >= 15 is 0 Å². The lowest BCUT2D eigenvalue weighted by molar-refractivity contribution is 0.0765. The summed E-state index contributed by atoms with van der Waals surface area (Å²) in [5, 5.41) is 13.6. The van der Waals surface area contributed by atoms with Gasteiger partial charge in [-0.1, -0.05) is 0 Å². The highest BCUT2D eigenvalue weighted by molar-refractivity contribution is 5.93. The largest absolute Gasteiger partial charge is 0.355 e. The van der Waals surface area contributed by atoms with Gasteiger partial charge in [0.1, 0.15) is 11.9 Å². The summed E-state index contributed by atoms with van der Waals surface area (Å²) in [6.45, 7) is 6.35. The van der Waals surface area contributed by atoms with Crippen LogP contribution in [0.15, 0.2) is 18.5 Å². The molecule has 0 bridgehead atoms. The number of piperidine rings is 1. The van der Waals surface area contributed by atoms with Crippen molar-refractivity contribution < 1.29 is 4.79 Å². The highest BCUT2D eigenvalue weighted by atomic mass is 16.2. The first kappa shape index (κ1) is 18.9. The topological polar surface area (TPSA) is 78.0 Å². The minimum atomic E-state index is 0.00766. The van der Waals surface area contributed by atoms with Crippen LogP contribution in [0.4, 0.5) is 5.82 Å². The van der Waals surface area contributed by atoms with Crippen LogP contribution in [-0.4, -0.2) is 52.3 Å². The van der Waals surface area contributed by atoms with Gasteiger partial charge in [-0.2, -0.15) is 10.4 Å². The van der Waals surface area contributed by atoms with E-state index in [-0.39, 0.29) is 5.91 Å². The van der Waals surface area contributed by atoms with Gasteiger partial charge in [-0.3, -0.25) is 9.48 Å². The summed E-state index contributed by atoms with van der Waals surface area (Å²) in [6.07, 6.45) is 5.31. The fourth-order valence-corrected chi connectivity index (χ4v) is 3.73. The zero-order valence-corrected chi connectivity index (χ0v) is 16.4. The first-order valence-electron chi connectivity index (χ1n) is 9.26. The number of aryl methyl sites for hydroxylation is 3. The molecular weight excluding hydrogens is 340 g/mol. The summed E-state index contributed by atoms with van der Waals surface area (Å²) in [4.78, 5) is 21.1. The first-order valence-corrected chi connectivity index (χ1v) is 9.26. The van der Waals surface area contributed by atoms with Crippen LogP contribution in [0.3, 0.4) is 0 Å². The Balaban J connectivity index is 1.61. The Morgan fingerprint density at radius 2 is 2.07 bits per heavy atom. The number of pyridine rings is 1. The fraction of sp³-hybridized carbons (Fsp3) is 0.500. The predicted molar refractivity (Wildman–Crippen MR) is 104 cm³/mol. The normalized spacial score (nSPS) is 14.9. The van der Waals surface area contributed by atoms with Gasteiger partial charge in [0.05, 0.1) is 17.3 Å². The van der Waals surface area contributed by atoms with Crippen molar-refractivity contribution in [3.8, 4) is 6.07 Å². The highest BCUT2D eigenvalue weighted by Gasteiger charge is 2.25. The molecule has 0 radical (unpaired) electrons. The van der Waals surface area contributed by atoms with Gasteiger partial charge in [0.15, 0.2) is 0 Å². The van der Waals surface area contributed by atoms with Crippen molar-refractivity contribution in [2.75, 3.05) is 31.6 Å². The minimum Gasteiger partial charge on any atom is -0.355 e. The average molecular weight is 366 g/mol. The lowest BCUT2D eigenvalue weighted by atomic mass is 9.95. The molecule has 0 aromatic carbocycles. The standard InChI is InChI=1S/C20H26N6O/c1-14-9-15(2)23-19(18(14)10-21)26-7-5-16(6-8-26)12-24(3)20(27)17-11-22-25(4)13-17/h9,11,13,16H,5-8,12H2,1-4H3. The van der Waals surface area contributed by atoms with Crippen molar-refractivity contribution in [3.63, 3.8) is 0 Å². The van der Waals surface area contributed by atoms with Crippen molar-refractivity contribution in [2.45, 2.75) is 26.7 Å². The molecule has 7 heteroatoms. The molecule has 27 heavy (non-hydrogen) atoms. The lowest BCUT2D eigenvalue weighted by Crippen LogP contribution is -2.40. The molecule has 1 aliphatic rings. The number of hydrogen-bond acceptors (Lipinski definition) is 5. The molecule has 3 heterocycles. The van der Waals surface area contributed by atoms with Crippen LogP contribution >= 0.6 is 0 Å². The van der Waals surface area contributed by atoms with Crippen LogP contribution in [0, 0.1) is 31.1 Å². The SMILES string of the molecule is Cc1cc(C)c(C#N)c(N2CCC(CN(C)C(=O)c3cnn(C)c3)CC2)n1. The van der Waals surface area contributed by atoms with Gasteiger partial charge in [-0.25, -0.2) is 4.98 Å². The van der Waals surface area contributed by atoms with Crippen molar-refractivity contribution in [3.05, 3.63) is 40.8 Å². The highest BCUT2D eigenvalue weighted by Crippen LogP contribution is 2.27. The Hall–Kier alpha value is -2.88. The first-order chi connectivity index (χ1) is 12.9. The Kier molecular flexibility index (Phi) is 5.45. The maximum absolute atomic E-state index is 12.5. The second-order valence-electron chi connectivity index (χ2n) is 7.41. The van der Waals surface area contributed by atoms with Crippen LogP contribution in [0.1, 0.15) is 40.0 Å². The maximum Gasteiger partial charge on any atom is 0.256 e. The summed E-state index contributed by atoms with van der Waals surface area (Å²) in [6, 6.07) is 4.25. The van der Waals surface area contributed by atoms with Gasteiger partial charge in [0.25, 0.3) is 5.91 Å². The molecule has 0 unspecified atom stereocenters. The number of hydrogen-bond donors (Lipinski definition) is 0. The van der Waals surface area contributed by atoms with Crippen LogP contribution in [0.25, 0.3) is 0 Å². The van der Waals surface area contributed by atoms with E-state index in [0.29, 0.717) is 17.0 Å². The van der Waals surface area contributed by atoms with E-state index in [2.05, 4.69) is 21.1 Å². The molecule has 0 aliphatic carbocycles. The third-order valence-electron chi connectivity index (χ3n) is 5.18. The second-order valence-corrected chi connectivity index (χ2v) is 7.41. The van der Waals surface area contributed by atoms with Gasteiger partial charge >= 0.3 is 0 Å². The summed E-state index contributed by atoms with van der Waals surface area (Å²) in [7, 11) is 3.66. The fourth-order valence-electron chi connectivity index (χ4n) is 3.73. The van der Waals surface area contributed by atoms with Gasteiger partial charge in [0, 0.05) is 45.6 Å². The number of carbonyl (C=O) groups is 1. The Morgan fingerprint density at radius 1 is 1.37 bits per heavy atom. The molecule has 1 amide bonds. The molecule has 2 aromatic rings. The van der Waals surface area contributed by atoms with Crippen molar-refractivity contribution in [1.29, 1.82) is 5.26 Å². The van der Waals surface area contributed by atoms with E-state index in [0.717, 1.165) is 49.6 Å². The van der Waals surface area contributed by atoms with Crippen LogP contribution in [-0.2, 0) is 7.05 Å². The second kappa shape index (κ2) is 7.78. The van der Waals surface area contributed by atoms with Gasteiger partial charge < -0.3 is 9.80 Å². The van der Waals surface area contributed by atoms with E-state index in [1.54, 1.807) is 22.0 Å². The minimum absolute atomic E-state index is 0.00766. The summed E-state index contributed by atoms with van der Waals surface area (Å²) >= 11 is 0. The van der Waals surface area contributed by atoms with Gasteiger partial charge in [0.2, 0.25) is 0 Å². The number of nitrogens with zero attached hydrogens (tertiary/aromatic N) is 6. The predicted octanol–water partition coefficient (Wildman–Crippen LogP) is 2.29. The summed E-state index contributed by atoms with van der Waals surface area (Å²) in [5.74, 6) is 1.25. The van der Waals surface area contributed by atoms with Gasteiger partial charge in [-0.05, 0) is 44.2 Å². The lowest BCUT2D eigenvalue weighted by Gasteiger charge is -2.35. The third kappa shape index (κ3) is 4.11. The Morgan fingerprint density at radius 3 is 2.67 bits per heavy atom. The summed E-state index contributed by atoms with van der Waals surface area (Å²) in [5.41, 5.74) is 3.20. The van der Waals surface area contributed by atoms with Crippen molar-refractivity contribution in [1.82, 2.24) is 19.7 Å². The quantitative estimate of drug-likeness (QED) is 0.830. The number of anilines is 1. The van der Waals surface area contributed by atoms with Crippen LogP contribution in [0.2, 0.25) is 0 Å². The molecule has 0 N–H and O–H groups in total. The summed E-state index contributed by atoms with van der Waals surface area (Å²) < 4.78 is 1.64. The zero-order chi connectivity index (χ0) is 19.6. The van der Waals surface area contributed by atoms with E-state index in [1.165, 1.54) is 0 Å².